The third kappa shape index (κ3) is 5.35. The van der Waals surface area contributed by atoms with Crippen LogP contribution in [0, 0.1) is 0 Å². The molecule has 1 atom stereocenters. The molecule has 1 aliphatic heterocycles. The summed E-state index contributed by atoms with van der Waals surface area (Å²) in [6.07, 6.45) is 3.50. The summed E-state index contributed by atoms with van der Waals surface area (Å²) >= 11 is 0. The minimum absolute atomic E-state index is 0.229. The largest absolute Gasteiger partial charge is 0.351 e. The Labute approximate surface area is 120 Å². The maximum atomic E-state index is 11.7. The minimum atomic E-state index is -3.41. The monoisotopic (exact) mass is 327 g/mol. The maximum Gasteiger partial charge on any atom is 0.235 e. The van der Waals surface area contributed by atoms with Crippen molar-refractivity contribution >= 4 is 26.0 Å². The predicted molar refractivity (Wildman–Crippen MR) is 75.1 cm³/mol. The van der Waals surface area contributed by atoms with E-state index < -0.39 is 26.0 Å². The maximum absolute atomic E-state index is 11.7. The third-order valence-corrected chi connectivity index (χ3v) is 5.68. The first-order valence-electron chi connectivity index (χ1n) is 6.16. The first-order valence-corrected chi connectivity index (χ1v) is 9.85. The molecular formula is C10H21N3O5S2. The van der Waals surface area contributed by atoms with Crippen LogP contribution in [0.2, 0.25) is 0 Å². The van der Waals surface area contributed by atoms with Crippen LogP contribution in [0.5, 0.6) is 0 Å². The van der Waals surface area contributed by atoms with Gasteiger partial charge in [0, 0.05) is 26.2 Å². The first-order chi connectivity index (χ1) is 9.00. The number of piperidine rings is 1. The smallest absolute Gasteiger partial charge is 0.235 e. The fourth-order valence-corrected chi connectivity index (χ4v) is 3.22. The zero-order valence-corrected chi connectivity index (χ0v) is 13.5. The summed E-state index contributed by atoms with van der Waals surface area (Å²) in [7, 11) is -5.35. The fraction of sp³-hybridized carbons (Fsp3) is 0.900. The molecule has 8 nitrogen and oxygen atoms in total. The fourth-order valence-electron chi connectivity index (χ4n) is 1.95. The van der Waals surface area contributed by atoms with Gasteiger partial charge in [0.25, 0.3) is 0 Å². The standard InChI is InChI=1S/C10H21N3O5S2/c1-12(19(2,15)16)8-10(14)11-9-5-4-6-13(7-9)20(3,17)18/h9H,4-8H2,1-3H3,(H,11,14). The minimum Gasteiger partial charge on any atom is -0.351 e. The molecule has 1 heterocycles. The molecule has 1 N–H and O–H groups in total. The lowest BCUT2D eigenvalue weighted by Crippen LogP contribution is -2.51. The van der Waals surface area contributed by atoms with E-state index >= 15 is 0 Å². The Morgan fingerprint density at radius 3 is 2.40 bits per heavy atom. The van der Waals surface area contributed by atoms with E-state index in [-0.39, 0.29) is 19.1 Å². The molecule has 0 saturated carbocycles. The highest BCUT2D eigenvalue weighted by Gasteiger charge is 2.27. The van der Waals surface area contributed by atoms with Gasteiger partial charge in [-0.2, -0.15) is 4.31 Å². The summed E-state index contributed by atoms with van der Waals surface area (Å²) in [6, 6.07) is -0.279. The number of sulfonamides is 2. The summed E-state index contributed by atoms with van der Waals surface area (Å²) in [4.78, 5) is 11.7. The van der Waals surface area contributed by atoms with Gasteiger partial charge >= 0.3 is 0 Å². The average Bonchev–Trinajstić information content (AvgIpc) is 2.26. The van der Waals surface area contributed by atoms with E-state index in [9.17, 15) is 21.6 Å². The van der Waals surface area contributed by atoms with Crippen LogP contribution < -0.4 is 5.32 Å². The molecule has 1 saturated heterocycles. The summed E-state index contributed by atoms with van der Waals surface area (Å²) in [6.45, 7) is 0.413. The number of nitrogens with one attached hydrogen (secondary N) is 1. The van der Waals surface area contributed by atoms with Crippen LogP contribution >= 0.6 is 0 Å². The lowest BCUT2D eigenvalue weighted by Gasteiger charge is -2.31. The number of carbonyl (C=O) groups is 1. The highest BCUT2D eigenvalue weighted by atomic mass is 32.2. The van der Waals surface area contributed by atoms with Crippen molar-refractivity contribution in [3.05, 3.63) is 0 Å². The lowest BCUT2D eigenvalue weighted by atomic mass is 10.1. The SMILES string of the molecule is CN(CC(=O)NC1CCCN(S(C)(=O)=O)C1)S(C)(=O)=O. The van der Waals surface area contributed by atoms with E-state index in [1.807, 2.05) is 0 Å². The van der Waals surface area contributed by atoms with Gasteiger partial charge in [-0.1, -0.05) is 0 Å². The summed E-state index contributed by atoms with van der Waals surface area (Å²) in [5.41, 5.74) is 0. The zero-order chi connectivity index (χ0) is 15.6. The van der Waals surface area contributed by atoms with Crippen molar-refractivity contribution in [1.29, 1.82) is 0 Å². The molecule has 1 unspecified atom stereocenters. The van der Waals surface area contributed by atoms with E-state index in [4.69, 9.17) is 0 Å². The van der Waals surface area contributed by atoms with Crippen LogP contribution in [0.15, 0.2) is 0 Å². The molecule has 0 bridgehead atoms. The van der Waals surface area contributed by atoms with Crippen molar-refractivity contribution in [1.82, 2.24) is 13.9 Å². The van der Waals surface area contributed by atoms with Gasteiger partial charge in [0.15, 0.2) is 0 Å². The van der Waals surface area contributed by atoms with Crippen molar-refractivity contribution in [2.45, 2.75) is 18.9 Å². The first kappa shape index (κ1) is 17.3. The van der Waals surface area contributed by atoms with E-state index in [1.165, 1.54) is 11.4 Å². The molecule has 20 heavy (non-hydrogen) atoms. The number of nitrogens with zero attached hydrogens (tertiary/aromatic N) is 2. The second-order valence-corrected chi connectivity index (χ2v) is 9.12. The Bertz CT molecular complexity index is 557. The zero-order valence-electron chi connectivity index (χ0n) is 11.9. The van der Waals surface area contributed by atoms with Crippen molar-refractivity contribution in [3.8, 4) is 0 Å². The molecular weight excluding hydrogens is 306 g/mol. The third-order valence-electron chi connectivity index (χ3n) is 3.15. The van der Waals surface area contributed by atoms with Crippen molar-refractivity contribution < 1.29 is 21.6 Å². The van der Waals surface area contributed by atoms with E-state index in [0.717, 1.165) is 16.8 Å². The van der Waals surface area contributed by atoms with Gasteiger partial charge < -0.3 is 5.32 Å². The molecule has 1 fully saturated rings. The molecule has 0 aromatic carbocycles. The van der Waals surface area contributed by atoms with Crippen molar-refractivity contribution in [2.24, 2.45) is 0 Å². The topological polar surface area (TPSA) is 104 Å². The van der Waals surface area contributed by atoms with Gasteiger partial charge in [0.2, 0.25) is 26.0 Å². The Hall–Kier alpha value is -0.710. The molecule has 0 aliphatic carbocycles. The van der Waals surface area contributed by atoms with Crippen LogP contribution in [0.1, 0.15) is 12.8 Å². The Morgan fingerprint density at radius 1 is 1.30 bits per heavy atom. The summed E-state index contributed by atoms with van der Waals surface area (Å²) in [5.74, 6) is -0.432. The number of rotatable bonds is 5. The van der Waals surface area contributed by atoms with Crippen molar-refractivity contribution in [2.75, 3.05) is 39.2 Å². The van der Waals surface area contributed by atoms with Crippen LogP contribution in [0.25, 0.3) is 0 Å². The highest BCUT2D eigenvalue weighted by Crippen LogP contribution is 2.13. The molecule has 0 radical (unpaired) electrons. The number of likely N-dealkylation sites (N-methyl/N-ethyl adjacent to an activating group) is 1. The second kappa shape index (κ2) is 6.37. The van der Waals surface area contributed by atoms with Crippen LogP contribution in [-0.4, -0.2) is 76.6 Å². The normalized spacial score (nSPS) is 21.9. The predicted octanol–water partition coefficient (Wildman–Crippen LogP) is -1.58. The van der Waals surface area contributed by atoms with Crippen molar-refractivity contribution in [3.63, 3.8) is 0 Å². The Kier molecular flexibility index (Phi) is 5.53. The van der Waals surface area contributed by atoms with Crippen LogP contribution in [-0.2, 0) is 24.8 Å². The highest BCUT2D eigenvalue weighted by molar-refractivity contribution is 7.88. The number of hydrogen-bond acceptors (Lipinski definition) is 5. The summed E-state index contributed by atoms with van der Waals surface area (Å²) < 4.78 is 47.6. The summed E-state index contributed by atoms with van der Waals surface area (Å²) in [5, 5.41) is 2.67. The second-order valence-electron chi connectivity index (χ2n) is 5.05. The van der Waals surface area contributed by atoms with E-state index in [0.29, 0.717) is 19.4 Å². The van der Waals surface area contributed by atoms with Crippen LogP contribution in [0.3, 0.4) is 0 Å². The van der Waals surface area contributed by atoms with Gasteiger partial charge in [0.1, 0.15) is 0 Å². The molecule has 0 aromatic rings. The van der Waals surface area contributed by atoms with Gasteiger partial charge in [-0.15, -0.1) is 0 Å². The molecule has 1 amide bonds. The number of hydrogen-bond donors (Lipinski definition) is 1. The average molecular weight is 327 g/mol. The molecule has 1 aliphatic rings. The van der Waals surface area contributed by atoms with E-state index in [1.54, 1.807) is 0 Å². The lowest BCUT2D eigenvalue weighted by molar-refractivity contribution is -0.122. The van der Waals surface area contributed by atoms with Crippen LogP contribution in [0.4, 0.5) is 0 Å². The number of amides is 1. The molecule has 118 valence electrons. The Balaban J connectivity index is 2.54. The van der Waals surface area contributed by atoms with Gasteiger partial charge in [-0.25, -0.2) is 21.1 Å². The number of carbonyl (C=O) groups excluding carboxylic acids is 1. The molecule has 0 aromatic heterocycles. The molecule has 1 rings (SSSR count). The van der Waals surface area contributed by atoms with Gasteiger partial charge in [0.05, 0.1) is 19.1 Å². The Morgan fingerprint density at radius 2 is 1.90 bits per heavy atom. The van der Waals surface area contributed by atoms with Gasteiger partial charge in [-0.3, -0.25) is 4.79 Å². The molecule has 10 heteroatoms. The van der Waals surface area contributed by atoms with Gasteiger partial charge in [-0.05, 0) is 12.8 Å². The quantitative estimate of drug-likeness (QED) is 0.656. The van der Waals surface area contributed by atoms with E-state index in [2.05, 4.69) is 5.32 Å². The molecule has 0 spiro atoms.